The zero-order valence-corrected chi connectivity index (χ0v) is 10.3. The standard InChI is InChI=1S/C13H20N2O2/c1-9(16-2)13(15-14)10-3-5-11(6-4-10)17-12-7-8-12/h3-6,9,12-13,15H,7-8,14H2,1-2H3. The van der Waals surface area contributed by atoms with Crippen LogP contribution in [-0.2, 0) is 4.74 Å². The minimum Gasteiger partial charge on any atom is -0.490 e. The molecule has 2 unspecified atom stereocenters. The minimum atomic E-state index is -0.00465. The maximum absolute atomic E-state index is 5.70. The van der Waals surface area contributed by atoms with Crippen LogP contribution in [0.5, 0.6) is 5.75 Å². The summed E-state index contributed by atoms with van der Waals surface area (Å²) in [7, 11) is 1.68. The SMILES string of the molecule is COC(C)C(NN)c1ccc(OC2CC2)cc1. The molecule has 3 N–H and O–H groups in total. The summed E-state index contributed by atoms with van der Waals surface area (Å²) >= 11 is 0. The third-order valence-corrected chi connectivity index (χ3v) is 3.09. The number of methoxy groups -OCH3 is 1. The Morgan fingerprint density at radius 1 is 1.29 bits per heavy atom. The number of rotatable bonds is 6. The highest BCUT2D eigenvalue weighted by molar-refractivity contribution is 5.30. The van der Waals surface area contributed by atoms with Crippen molar-refractivity contribution in [1.29, 1.82) is 0 Å². The maximum atomic E-state index is 5.70. The lowest BCUT2D eigenvalue weighted by Gasteiger charge is -2.22. The van der Waals surface area contributed by atoms with E-state index < -0.39 is 0 Å². The predicted octanol–water partition coefficient (Wildman–Crippen LogP) is 1.77. The monoisotopic (exact) mass is 236 g/mol. The van der Waals surface area contributed by atoms with Crippen molar-refractivity contribution < 1.29 is 9.47 Å². The molecule has 2 rings (SSSR count). The van der Waals surface area contributed by atoms with Crippen LogP contribution in [-0.4, -0.2) is 19.3 Å². The Hall–Kier alpha value is -1.10. The van der Waals surface area contributed by atoms with E-state index in [1.807, 2.05) is 31.2 Å². The molecule has 1 aliphatic rings. The molecule has 0 bridgehead atoms. The lowest BCUT2D eigenvalue weighted by Crippen LogP contribution is -2.36. The summed E-state index contributed by atoms with van der Waals surface area (Å²) in [4.78, 5) is 0. The van der Waals surface area contributed by atoms with Gasteiger partial charge in [-0.3, -0.25) is 11.3 Å². The number of benzene rings is 1. The number of hydrogen-bond donors (Lipinski definition) is 2. The maximum Gasteiger partial charge on any atom is 0.119 e. The predicted molar refractivity (Wildman–Crippen MR) is 66.6 cm³/mol. The average Bonchev–Trinajstić information content (AvgIpc) is 3.16. The first-order chi connectivity index (χ1) is 8.24. The minimum absolute atomic E-state index is 0.00465. The number of nitrogens with two attached hydrogens (primary N) is 1. The summed E-state index contributed by atoms with van der Waals surface area (Å²) in [6.07, 6.45) is 2.81. The van der Waals surface area contributed by atoms with Gasteiger partial charge >= 0.3 is 0 Å². The molecule has 94 valence electrons. The van der Waals surface area contributed by atoms with Crippen molar-refractivity contribution in [2.24, 2.45) is 5.84 Å². The van der Waals surface area contributed by atoms with Gasteiger partial charge in [-0.05, 0) is 37.5 Å². The van der Waals surface area contributed by atoms with E-state index in [1.165, 1.54) is 12.8 Å². The summed E-state index contributed by atoms with van der Waals surface area (Å²) < 4.78 is 11.0. The van der Waals surface area contributed by atoms with Crippen LogP contribution in [0.25, 0.3) is 0 Å². The molecule has 1 fully saturated rings. The average molecular weight is 236 g/mol. The Labute approximate surface area is 102 Å². The molecule has 1 aromatic carbocycles. The van der Waals surface area contributed by atoms with Crippen molar-refractivity contribution in [2.75, 3.05) is 7.11 Å². The van der Waals surface area contributed by atoms with Crippen LogP contribution < -0.4 is 16.0 Å². The zero-order chi connectivity index (χ0) is 12.3. The van der Waals surface area contributed by atoms with Crippen molar-refractivity contribution >= 4 is 0 Å². The van der Waals surface area contributed by atoms with Gasteiger partial charge in [0.25, 0.3) is 0 Å². The third-order valence-electron chi connectivity index (χ3n) is 3.09. The van der Waals surface area contributed by atoms with E-state index in [-0.39, 0.29) is 12.1 Å². The fourth-order valence-corrected chi connectivity index (χ4v) is 1.77. The van der Waals surface area contributed by atoms with Crippen molar-refractivity contribution in [2.45, 2.75) is 38.0 Å². The quantitative estimate of drug-likeness (QED) is 0.584. The Balaban J connectivity index is 2.03. The van der Waals surface area contributed by atoms with Gasteiger partial charge in [-0.2, -0.15) is 0 Å². The molecule has 0 heterocycles. The van der Waals surface area contributed by atoms with Gasteiger partial charge in [0, 0.05) is 7.11 Å². The van der Waals surface area contributed by atoms with Gasteiger partial charge in [0.1, 0.15) is 5.75 Å². The first-order valence-electron chi connectivity index (χ1n) is 6.00. The van der Waals surface area contributed by atoms with Crippen LogP contribution in [0.2, 0.25) is 0 Å². The van der Waals surface area contributed by atoms with Crippen molar-refractivity contribution in [3.63, 3.8) is 0 Å². The lowest BCUT2D eigenvalue weighted by atomic mass is 10.0. The van der Waals surface area contributed by atoms with Crippen LogP contribution in [0, 0.1) is 0 Å². The van der Waals surface area contributed by atoms with Crippen LogP contribution in [0.15, 0.2) is 24.3 Å². The first-order valence-corrected chi connectivity index (χ1v) is 6.00. The van der Waals surface area contributed by atoms with Crippen molar-refractivity contribution in [3.8, 4) is 5.75 Å². The second-order valence-corrected chi connectivity index (χ2v) is 4.47. The fraction of sp³-hybridized carbons (Fsp3) is 0.538. The van der Waals surface area contributed by atoms with Crippen LogP contribution in [0.4, 0.5) is 0 Å². The molecular weight excluding hydrogens is 216 g/mol. The highest BCUT2D eigenvalue weighted by atomic mass is 16.5. The van der Waals surface area contributed by atoms with E-state index in [1.54, 1.807) is 7.11 Å². The van der Waals surface area contributed by atoms with Gasteiger partial charge in [-0.1, -0.05) is 12.1 Å². The second kappa shape index (κ2) is 5.49. The van der Waals surface area contributed by atoms with Gasteiger partial charge in [0.15, 0.2) is 0 Å². The van der Waals surface area contributed by atoms with E-state index in [0.717, 1.165) is 11.3 Å². The molecule has 0 spiro atoms. The van der Waals surface area contributed by atoms with Gasteiger partial charge < -0.3 is 9.47 Å². The number of nitrogens with one attached hydrogen (secondary N) is 1. The Kier molecular flexibility index (Phi) is 3.99. The molecule has 0 aromatic heterocycles. The molecular formula is C13H20N2O2. The van der Waals surface area contributed by atoms with E-state index >= 15 is 0 Å². The third kappa shape index (κ3) is 3.19. The van der Waals surface area contributed by atoms with E-state index in [4.69, 9.17) is 15.3 Å². The van der Waals surface area contributed by atoms with Gasteiger partial charge in [-0.15, -0.1) is 0 Å². The Morgan fingerprint density at radius 3 is 2.41 bits per heavy atom. The number of hydrogen-bond acceptors (Lipinski definition) is 4. The zero-order valence-electron chi connectivity index (χ0n) is 10.3. The summed E-state index contributed by atoms with van der Waals surface area (Å²) in [6.45, 7) is 1.99. The molecule has 1 aromatic rings. The molecule has 0 radical (unpaired) electrons. The first kappa shape index (κ1) is 12.4. The fourth-order valence-electron chi connectivity index (χ4n) is 1.77. The van der Waals surface area contributed by atoms with Crippen molar-refractivity contribution in [3.05, 3.63) is 29.8 Å². The van der Waals surface area contributed by atoms with Gasteiger partial charge in [-0.25, -0.2) is 0 Å². The molecule has 1 saturated carbocycles. The summed E-state index contributed by atoms with van der Waals surface area (Å²) in [5.41, 5.74) is 3.88. The van der Waals surface area contributed by atoms with Crippen LogP contribution in [0.1, 0.15) is 31.4 Å². The highest BCUT2D eigenvalue weighted by Gasteiger charge is 2.23. The molecule has 17 heavy (non-hydrogen) atoms. The lowest BCUT2D eigenvalue weighted by molar-refractivity contribution is 0.0830. The number of hydrazine groups is 1. The molecule has 0 aliphatic heterocycles. The van der Waals surface area contributed by atoms with Crippen molar-refractivity contribution in [1.82, 2.24) is 5.43 Å². The Morgan fingerprint density at radius 2 is 1.94 bits per heavy atom. The smallest absolute Gasteiger partial charge is 0.119 e. The molecule has 1 aliphatic carbocycles. The second-order valence-electron chi connectivity index (χ2n) is 4.47. The molecule has 0 amide bonds. The largest absolute Gasteiger partial charge is 0.490 e. The van der Waals surface area contributed by atoms with Gasteiger partial charge in [0.2, 0.25) is 0 Å². The summed E-state index contributed by atoms with van der Waals surface area (Å²) in [6, 6.07) is 8.02. The van der Waals surface area contributed by atoms with Crippen LogP contribution in [0.3, 0.4) is 0 Å². The summed E-state index contributed by atoms with van der Waals surface area (Å²) in [5.74, 6) is 6.48. The van der Waals surface area contributed by atoms with Crippen LogP contribution >= 0.6 is 0 Å². The molecule has 4 nitrogen and oxygen atoms in total. The highest BCUT2D eigenvalue weighted by Crippen LogP contribution is 2.28. The molecule has 2 atom stereocenters. The normalized spacial score (nSPS) is 18.8. The topological polar surface area (TPSA) is 56.5 Å². The molecule has 4 heteroatoms. The summed E-state index contributed by atoms with van der Waals surface area (Å²) in [5, 5.41) is 0. The van der Waals surface area contributed by atoms with E-state index in [2.05, 4.69) is 5.43 Å². The molecule has 0 saturated heterocycles. The van der Waals surface area contributed by atoms with Gasteiger partial charge in [0.05, 0.1) is 18.2 Å². The van der Waals surface area contributed by atoms with E-state index in [0.29, 0.717) is 6.10 Å². The van der Waals surface area contributed by atoms with E-state index in [9.17, 15) is 0 Å². The Bertz CT molecular complexity index is 349. The number of ether oxygens (including phenoxy) is 2.